The maximum absolute atomic E-state index is 6.08. The molecular weight excluding hydrogens is 374 g/mol. The first-order valence-corrected chi connectivity index (χ1v) is 10.8. The van der Waals surface area contributed by atoms with Gasteiger partial charge in [-0.1, -0.05) is 36.4 Å². The molecule has 0 aliphatic carbocycles. The number of anilines is 4. The van der Waals surface area contributed by atoms with Gasteiger partial charge in [-0.25, -0.2) is 0 Å². The second-order valence-electron chi connectivity index (χ2n) is 8.04. The number of nitrogens with one attached hydrogen (secondary N) is 1. The summed E-state index contributed by atoms with van der Waals surface area (Å²) in [6.45, 7) is 5.86. The number of quaternary nitrogens is 1. The van der Waals surface area contributed by atoms with Gasteiger partial charge in [0.1, 0.15) is 6.54 Å². The van der Waals surface area contributed by atoms with Crippen molar-refractivity contribution in [3.05, 3.63) is 66.0 Å². The first-order chi connectivity index (χ1) is 14.8. The van der Waals surface area contributed by atoms with Gasteiger partial charge in [-0.05, 0) is 36.6 Å². The van der Waals surface area contributed by atoms with Crippen LogP contribution in [-0.2, 0) is 13.0 Å². The number of fused-ring (bicyclic) bond motifs is 1. The molecule has 0 unspecified atom stereocenters. The van der Waals surface area contributed by atoms with Crippen LogP contribution in [-0.4, -0.2) is 47.7 Å². The lowest BCUT2D eigenvalue weighted by Gasteiger charge is -2.33. The van der Waals surface area contributed by atoms with Gasteiger partial charge in [-0.2, -0.15) is 15.0 Å². The third-order valence-electron chi connectivity index (χ3n) is 6.04. The summed E-state index contributed by atoms with van der Waals surface area (Å²) < 4.78 is 0. The Labute approximate surface area is 177 Å². The molecule has 0 saturated carbocycles. The van der Waals surface area contributed by atoms with Crippen LogP contribution in [0.2, 0.25) is 0 Å². The highest BCUT2D eigenvalue weighted by molar-refractivity contribution is 5.63. The van der Waals surface area contributed by atoms with Crippen molar-refractivity contribution in [1.82, 2.24) is 15.0 Å². The summed E-state index contributed by atoms with van der Waals surface area (Å²) in [5, 5.41) is 0. The Morgan fingerprint density at radius 2 is 1.63 bits per heavy atom. The predicted octanol–water partition coefficient (Wildman–Crippen LogP) is 1.44. The molecule has 0 radical (unpaired) electrons. The number of benzene rings is 2. The van der Waals surface area contributed by atoms with E-state index in [0.717, 1.165) is 57.9 Å². The molecule has 0 amide bonds. The highest BCUT2D eigenvalue weighted by Crippen LogP contribution is 2.31. The normalized spacial score (nSPS) is 17.1. The van der Waals surface area contributed by atoms with Gasteiger partial charge < -0.3 is 20.4 Å². The van der Waals surface area contributed by atoms with Gasteiger partial charge in [-0.15, -0.1) is 0 Å². The number of piperazine rings is 1. The number of aromatic nitrogens is 3. The first kappa shape index (κ1) is 18.8. The summed E-state index contributed by atoms with van der Waals surface area (Å²) in [7, 11) is 0. The third-order valence-corrected chi connectivity index (χ3v) is 6.04. The fourth-order valence-electron chi connectivity index (χ4n) is 4.49. The van der Waals surface area contributed by atoms with Crippen LogP contribution in [0.3, 0.4) is 0 Å². The molecule has 7 nitrogen and oxygen atoms in total. The Kier molecular flexibility index (Phi) is 5.19. The molecule has 1 fully saturated rings. The van der Waals surface area contributed by atoms with Crippen LogP contribution in [0.4, 0.5) is 23.3 Å². The van der Waals surface area contributed by atoms with E-state index < -0.39 is 0 Å². The largest absolute Gasteiger partial charge is 0.368 e. The molecule has 5 rings (SSSR count). The zero-order chi connectivity index (χ0) is 20.3. The van der Waals surface area contributed by atoms with E-state index in [1.807, 2.05) is 0 Å². The molecule has 30 heavy (non-hydrogen) atoms. The van der Waals surface area contributed by atoms with Gasteiger partial charge >= 0.3 is 0 Å². The highest BCUT2D eigenvalue weighted by atomic mass is 15.3. The van der Waals surface area contributed by atoms with E-state index in [1.165, 1.54) is 21.8 Å². The van der Waals surface area contributed by atoms with Gasteiger partial charge in [0.25, 0.3) is 0 Å². The summed E-state index contributed by atoms with van der Waals surface area (Å²) in [5.74, 6) is 1.76. The summed E-state index contributed by atoms with van der Waals surface area (Å²) in [4.78, 5) is 19.8. The quantitative estimate of drug-likeness (QED) is 0.688. The van der Waals surface area contributed by atoms with Crippen molar-refractivity contribution in [2.24, 2.45) is 0 Å². The van der Waals surface area contributed by atoms with Crippen molar-refractivity contribution >= 4 is 23.3 Å². The number of rotatable bonds is 4. The van der Waals surface area contributed by atoms with Gasteiger partial charge in [0, 0.05) is 17.9 Å². The molecule has 0 atom stereocenters. The molecule has 2 aliphatic rings. The molecule has 2 aliphatic heterocycles. The number of nitrogen functional groups attached to an aromatic ring is 1. The van der Waals surface area contributed by atoms with Crippen LogP contribution in [0.15, 0.2) is 54.6 Å². The van der Waals surface area contributed by atoms with Gasteiger partial charge in [0.15, 0.2) is 5.82 Å². The lowest BCUT2D eigenvalue weighted by atomic mass is 10.0. The predicted molar refractivity (Wildman–Crippen MR) is 119 cm³/mol. The second kappa shape index (κ2) is 8.28. The van der Waals surface area contributed by atoms with E-state index in [2.05, 4.69) is 74.4 Å². The topological polar surface area (TPSA) is 75.6 Å². The molecule has 0 spiro atoms. The lowest BCUT2D eigenvalue weighted by molar-refractivity contribution is -0.915. The lowest BCUT2D eigenvalue weighted by Crippen LogP contribution is -3.13. The molecule has 2 aromatic carbocycles. The highest BCUT2D eigenvalue weighted by Gasteiger charge is 2.24. The number of para-hydroxylation sites is 2. The standard InChI is InChI=1S/C23H27N7/c24-22-25-21(17-28-13-15-29(16-14-28)19-9-2-1-3-10-19)26-23(27-22)30-12-6-8-18-7-4-5-11-20(18)30/h1-5,7,9-11H,6,8,12-17H2,(H2,24,25,26,27)/p+1. The Balaban J connectivity index is 1.30. The van der Waals surface area contributed by atoms with Gasteiger partial charge in [0.2, 0.25) is 11.9 Å². The summed E-state index contributed by atoms with van der Waals surface area (Å²) in [6, 6.07) is 19.1. The van der Waals surface area contributed by atoms with Crippen molar-refractivity contribution in [3.8, 4) is 0 Å². The van der Waals surface area contributed by atoms with E-state index in [1.54, 1.807) is 0 Å². The van der Waals surface area contributed by atoms with Crippen LogP contribution in [0.5, 0.6) is 0 Å². The van der Waals surface area contributed by atoms with Crippen LogP contribution in [0, 0.1) is 0 Å². The van der Waals surface area contributed by atoms with E-state index >= 15 is 0 Å². The Morgan fingerprint density at radius 3 is 2.47 bits per heavy atom. The Hall–Kier alpha value is -3.19. The molecule has 3 N–H and O–H groups in total. The molecule has 1 saturated heterocycles. The smallest absolute Gasteiger partial charge is 0.235 e. The van der Waals surface area contributed by atoms with Crippen LogP contribution < -0.4 is 20.4 Å². The average Bonchev–Trinajstić information content (AvgIpc) is 2.79. The van der Waals surface area contributed by atoms with Crippen molar-refractivity contribution in [2.45, 2.75) is 19.4 Å². The van der Waals surface area contributed by atoms with Crippen LogP contribution in [0.25, 0.3) is 0 Å². The maximum atomic E-state index is 6.08. The number of nitrogens with two attached hydrogens (primary N) is 1. The maximum Gasteiger partial charge on any atom is 0.235 e. The van der Waals surface area contributed by atoms with Crippen molar-refractivity contribution < 1.29 is 4.90 Å². The van der Waals surface area contributed by atoms with Crippen molar-refractivity contribution in [1.29, 1.82) is 0 Å². The Morgan fingerprint density at radius 1 is 0.867 bits per heavy atom. The fraction of sp³-hybridized carbons (Fsp3) is 0.348. The average molecular weight is 403 g/mol. The molecule has 3 heterocycles. The Bertz CT molecular complexity index is 999. The SMILES string of the molecule is Nc1nc(C[NH+]2CCN(c3ccccc3)CC2)nc(N2CCCc3ccccc32)n1. The minimum absolute atomic E-state index is 0.306. The summed E-state index contributed by atoms with van der Waals surface area (Å²) in [5.41, 5.74) is 9.91. The number of hydrogen-bond donors (Lipinski definition) is 2. The van der Waals surface area contributed by atoms with E-state index in [-0.39, 0.29) is 0 Å². The number of hydrogen-bond acceptors (Lipinski definition) is 6. The summed E-state index contributed by atoms with van der Waals surface area (Å²) >= 11 is 0. The summed E-state index contributed by atoms with van der Waals surface area (Å²) in [6.07, 6.45) is 2.18. The first-order valence-electron chi connectivity index (χ1n) is 10.8. The van der Waals surface area contributed by atoms with E-state index in [9.17, 15) is 0 Å². The second-order valence-corrected chi connectivity index (χ2v) is 8.04. The fourth-order valence-corrected chi connectivity index (χ4v) is 4.49. The third kappa shape index (κ3) is 3.93. The molecule has 7 heteroatoms. The molecule has 1 aromatic heterocycles. The van der Waals surface area contributed by atoms with Crippen LogP contribution in [0.1, 0.15) is 17.8 Å². The monoisotopic (exact) mass is 402 g/mol. The van der Waals surface area contributed by atoms with E-state index in [0.29, 0.717) is 11.9 Å². The number of aryl methyl sites for hydroxylation is 1. The van der Waals surface area contributed by atoms with Gasteiger partial charge in [0.05, 0.1) is 26.2 Å². The molecule has 0 bridgehead atoms. The van der Waals surface area contributed by atoms with Gasteiger partial charge in [-0.3, -0.25) is 0 Å². The number of nitrogens with zero attached hydrogens (tertiary/aromatic N) is 5. The zero-order valence-corrected chi connectivity index (χ0v) is 17.2. The van der Waals surface area contributed by atoms with Crippen molar-refractivity contribution in [2.75, 3.05) is 48.3 Å². The zero-order valence-electron chi connectivity index (χ0n) is 17.2. The molecule has 3 aromatic rings. The van der Waals surface area contributed by atoms with Crippen molar-refractivity contribution in [3.63, 3.8) is 0 Å². The molecular formula is C23H28N7+. The minimum Gasteiger partial charge on any atom is -0.368 e. The van der Waals surface area contributed by atoms with Crippen LogP contribution >= 0.6 is 0 Å². The van der Waals surface area contributed by atoms with E-state index in [4.69, 9.17) is 10.7 Å². The molecule has 154 valence electrons. The minimum atomic E-state index is 0.306.